The van der Waals surface area contributed by atoms with Crippen molar-refractivity contribution < 1.29 is 39.8 Å². The van der Waals surface area contributed by atoms with E-state index >= 15 is 0 Å². The first-order chi connectivity index (χ1) is 12.2. The Morgan fingerprint density at radius 3 is 2.12 bits per heavy atom. The van der Waals surface area contributed by atoms with Crippen molar-refractivity contribution in [3.63, 3.8) is 0 Å². The molecule has 0 aromatic heterocycles. The van der Waals surface area contributed by atoms with Crippen molar-refractivity contribution in [1.29, 1.82) is 0 Å². The topological polar surface area (TPSA) is 198 Å². The standard InChI is InChI=1S/C13H17N3O10/c1-5-7(15(21)22)2-6(3-8(5)16(23)24)14-26-13-12(20)11(19)10(18)9(4-17)25-13/h2-3,9-14,17-20H,4H2,1H3/t9-,10-,11+,12-,13?/m1/s1. The lowest BCUT2D eigenvalue weighted by Crippen LogP contribution is -2.59. The van der Waals surface area contributed by atoms with Gasteiger partial charge in [-0.2, -0.15) is 0 Å². The number of hydrogen-bond donors (Lipinski definition) is 5. The summed E-state index contributed by atoms with van der Waals surface area (Å²) in [5.41, 5.74) is 0.788. The minimum Gasteiger partial charge on any atom is -0.394 e. The molecule has 1 heterocycles. The third kappa shape index (κ3) is 3.87. The smallest absolute Gasteiger partial charge is 0.281 e. The second-order valence-electron chi connectivity index (χ2n) is 5.57. The van der Waals surface area contributed by atoms with Crippen LogP contribution in [0.5, 0.6) is 0 Å². The van der Waals surface area contributed by atoms with Gasteiger partial charge in [0.2, 0.25) is 6.29 Å². The van der Waals surface area contributed by atoms with Gasteiger partial charge in [-0.25, -0.2) is 4.84 Å². The average Bonchev–Trinajstić information content (AvgIpc) is 2.59. The second-order valence-corrected chi connectivity index (χ2v) is 5.57. The molecule has 0 spiro atoms. The van der Waals surface area contributed by atoms with Crippen molar-refractivity contribution in [2.45, 2.75) is 37.6 Å². The van der Waals surface area contributed by atoms with Crippen molar-refractivity contribution in [3.05, 3.63) is 37.9 Å². The molecule has 1 aromatic rings. The van der Waals surface area contributed by atoms with Crippen LogP contribution in [0.15, 0.2) is 12.1 Å². The molecule has 26 heavy (non-hydrogen) atoms. The summed E-state index contributed by atoms with van der Waals surface area (Å²) in [7, 11) is 0. The number of ether oxygens (including phenoxy) is 1. The summed E-state index contributed by atoms with van der Waals surface area (Å²) in [6, 6.07) is 1.96. The molecular weight excluding hydrogens is 358 g/mol. The number of nitro benzene ring substituents is 2. The molecule has 0 aliphatic carbocycles. The van der Waals surface area contributed by atoms with E-state index < -0.39 is 58.5 Å². The van der Waals surface area contributed by atoms with Crippen molar-refractivity contribution in [3.8, 4) is 0 Å². The van der Waals surface area contributed by atoms with Crippen molar-refractivity contribution in [2.24, 2.45) is 0 Å². The summed E-state index contributed by atoms with van der Waals surface area (Å²) in [5, 5.41) is 60.3. The van der Waals surface area contributed by atoms with Crippen LogP contribution in [-0.4, -0.2) is 67.6 Å². The summed E-state index contributed by atoms with van der Waals surface area (Å²) in [4.78, 5) is 25.4. The Morgan fingerprint density at radius 2 is 1.65 bits per heavy atom. The van der Waals surface area contributed by atoms with E-state index in [0.29, 0.717) is 0 Å². The second kappa shape index (κ2) is 7.86. The Labute approximate surface area is 145 Å². The van der Waals surface area contributed by atoms with E-state index in [9.17, 15) is 35.5 Å². The predicted molar refractivity (Wildman–Crippen MR) is 83.0 cm³/mol. The molecule has 2 rings (SSSR count). The summed E-state index contributed by atoms with van der Waals surface area (Å²) in [6.07, 6.45) is -7.77. The van der Waals surface area contributed by atoms with Gasteiger partial charge < -0.3 is 25.2 Å². The molecule has 1 unspecified atom stereocenters. The maximum Gasteiger partial charge on any atom is 0.281 e. The van der Waals surface area contributed by atoms with Gasteiger partial charge >= 0.3 is 0 Å². The fourth-order valence-corrected chi connectivity index (χ4v) is 2.41. The Bertz CT molecular complexity index is 662. The van der Waals surface area contributed by atoms with Crippen LogP contribution in [0.3, 0.4) is 0 Å². The molecule has 0 radical (unpaired) electrons. The molecule has 13 nitrogen and oxygen atoms in total. The van der Waals surface area contributed by atoms with Crippen LogP contribution in [0, 0.1) is 27.2 Å². The number of nitrogens with one attached hydrogen (secondary N) is 1. The first kappa shape index (κ1) is 19.9. The number of aliphatic hydroxyl groups excluding tert-OH is 4. The molecule has 1 aromatic carbocycles. The number of rotatable bonds is 6. The summed E-state index contributed by atoms with van der Waals surface area (Å²) in [6.45, 7) is 0.546. The van der Waals surface area contributed by atoms with Crippen LogP contribution >= 0.6 is 0 Å². The van der Waals surface area contributed by atoms with Gasteiger partial charge in [-0.1, -0.05) is 0 Å². The third-order valence-electron chi connectivity index (χ3n) is 3.89. The number of hydrogen-bond acceptors (Lipinski definition) is 11. The molecule has 5 atom stereocenters. The molecular formula is C13H17N3O10. The van der Waals surface area contributed by atoms with E-state index in [4.69, 9.17) is 14.7 Å². The van der Waals surface area contributed by atoms with Gasteiger partial charge in [0.05, 0.1) is 22.1 Å². The SMILES string of the molecule is Cc1c([N+](=O)[O-])cc(NOC2O[C@H](CO)[C@@H](O)[C@H](O)[C@H]2O)cc1[N+](=O)[O-]. The summed E-state index contributed by atoms with van der Waals surface area (Å²) >= 11 is 0. The molecule has 0 amide bonds. The molecule has 1 aliphatic rings. The highest BCUT2D eigenvalue weighted by molar-refractivity contribution is 5.63. The Hall–Kier alpha value is -2.42. The zero-order valence-electron chi connectivity index (χ0n) is 13.4. The minimum absolute atomic E-state index is 0.154. The van der Waals surface area contributed by atoms with Gasteiger partial charge in [-0.05, 0) is 6.92 Å². The van der Waals surface area contributed by atoms with E-state index in [1.54, 1.807) is 0 Å². The first-order valence-corrected chi connectivity index (χ1v) is 7.33. The van der Waals surface area contributed by atoms with E-state index in [1.807, 2.05) is 0 Å². The van der Waals surface area contributed by atoms with Crippen molar-refractivity contribution in [2.75, 3.05) is 12.1 Å². The molecule has 1 fully saturated rings. The lowest BCUT2D eigenvalue weighted by atomic mass is 9.99. The van der Waals surface area contributed by atoms with E-state index in [1.165, 1.54) is 6.92 Å². The van der Waals surface area contributed by atoms with Crippen LogP contribution < -0.4 is 5.48 Å². The fraction of sp³-hybridized carbons (Fsp3) is 0.538. The van der Waals surface area contributed by atoms with Crippen LogP contribution in [0.25, 0.3) is 0 Å². The number of anilines is 1. The molecule has 1 saturated heterocycles. The molecule has 1 aliphatic heterocycles. The zero-order chi connectivity index (χ0) is 19.6. The maximum atomic E-state index is 11.0. The quantitative estimate of drug-likeness (QED) is 0.300. The fourth-order valence-electron chi connectivity index (χ4n) is 2.41. The van der Waals surface area contributed by atoms with E-state index in [-0.39, 0.29) is 11.3 Å². The largest absolute Gasteiger partial charge is 0.394 e. The number of benzene rings is 1. The predicted octanol–water partition coefficient (Wildman–Crippen LogP) is -1.05. The molecule has 144 valence electrons. The van der Waals surface area contributed by atoms with Crippen LogP contribution in [0.4, 0.5) is 17.1 Å². The van der Waals surface area contributed by atoms with Gasteiger partial charge in [0.1, 0.15) is 30.0 Å². The van der Waals surface area contributed by atoms with Gasteiger partial charge in [0.25, 0.3) is 11.4 Å². The Kier molecular flexibility index (Phi) is 6.01. The highest BCUT2D eigenvalue weighted by Gasteiger charge is 2.44. The van der Waals surface area contributed by atoms with Gasteiger partial charge in [-0.3, -0.25) is 25.7 Å². The average molecular weight is 375 g/mol. The van der Waals surface area contributed by atoms with Gasteiger partial charge in [0.15, 0.2) is 0 Å². The molecule has 5 N–H and O–H groups in total. The lowest BCUT2D eigenvalue weighted by molar-refractivity contribution is -0.395. The highest BCUT2D eigenvalue weighted by Crippen LogP contribution is 2.32. The number of aliphatic hydroxyl groups is 4. The van der Waals surface area contributed by atoms with Crippen LogP contribution in [0.2, 0.25) is 0 Å². The third-order valence-corrected chi connectivity index (χ3v) is 3.89. The Morgan fingerprint density at radius 1 is 1.12 bits per heavy atom. The molecule has 0 bridgehead atoms. The van der Waals surface area contributed by atoms with E-state index in [2.05, 4.69) is 5.48 Å². The van der Waals surface area contributed by atoms with Gasteiger partial charge in [0, 0.05) is 12.1 Å². The summed E-state index contributed by atoms with van der Waals surface area (Å²) in [5.74, 6) is 0. The monoisotopic (exact) mass is 375 g/mol. The van der Waals surface area contributed by atoms with Crippen LogP contribution in [0.1, 0.15) is 5.56 Å². The highest BCUT2D eigenvalue weighted by atomic mass is 16.8. The Balaban J connectivity index is 2.21. The molecule has 13 heteroatoms. The normalized spacial score (nSPS) is 28.6. The molecule has 0 saturated carbocycles. The van der Waals surface area contributed by atoms with Gasteiger partial charge in [-0.15, -0.1) is 0 Å². The van der Waals surface area contributed by atoms with Crippen LogP contribution in [-0.2, 0) is 9.57 Å². The number of nitro groups is 2. The maximum absolute atomic E-state index is 11.0. The number of nitrogens with zero attached hydrogens (tertiary/aromatic N) is 2. The minimum atomic E-state index is -1.71. The van der Waals surface area contributed by atoms with Crippen molar-refractivity contribution in [1.82, 2.24) is 0 Å². The zero-order valence-corrected chi connectivity index (χ0v) is 13.4. The van der Waals surface area contributed by atoms with E-state index in [0.717, 1.165) is 12.1 Å². The first-order valence-electron chi connectivity index (χ1n) is 7.33. The lowest BCUT2D eigenvalue weighted by Gasteiger charge is -2.39. The summed E-state index contributed by atoms with van der Waals surface area (Å²) < 4.78 is 5.07. The van der Waals surface area contributed by atoms with Crippen molar-refractivity contribution >= 4 is 17.1 Å².